The van der Waals surface area contributed by atoms with E-state index < -0.39 is 0 Å². The number of hydrogen-bond donors (Lipinski definition) is 2. The zero-order valence-corrected chi connectivity index (χ0v) is 8.35. The molecule has 0 fully saturated rings. The summed E-state index contributed by atoms with van der Waals surface area (Å²) < 4.78 is 10.5. The van der Waals surface area contributed by atoms with Crippen LogP contribution in [0.3, 0.4) is 0 Å². The third kappa shape index (κ3) is 2.49. The van der Waals surface area contributed by atoms with Crippen LogP contribution < -0.4 is 11.3 Å². The summed E-state index contributed by atoms with van der Waals surface area (Å²) in [6, 6.07) is 7.63. The number of hydrogen-bond acceptors (Lipinski definition) is 4. The molecule has 2 aromatic heterocycles. The quantitative estimate of drug-likeness (QED) is 0.580. The standard InChI is InChI=1S/C11H14N2O2/c12-13-10(11-4-2-8-15-11)6-5-9-3-1-7-14-9/h1-4,7-8,10,13H,5-6,12H2. The van der Waals surface area contributed by atoms with E-state index in [-0.39, 0.29) is 6.04 Å². The lowest BCUT2D eigenvalue weighted by Gasteiger charge is -2.11. The van der Waals surface area contributed by atoms with Gasteiger partial charge in [0.05, 0.1) is 18.6 Å². The molecule has 0 aliphatic heterocycles. The van der Waals surface area contributed by atoms with Crippen molar-refractivity contribution in [2.75, 3.05) is 0 Å². The summed E-state index contributed by atoms with van der Waals surface area (Å²) in [6.45, 7) is 0. The van der Waals surface area contributed by atoms with Gasteiger partial charge in [0.1, 0.15) is 11.5 Å². The van der Waals surface area contributed by atoms with Gasteiger partial charge in [0.2, 0.25) is 0 Å². The van der Waals surface area contributed by atoms with Crippen molar-refractivity contribution in [1.29, 1.82) is 0 Å². The number of hydrazine groups is 1. The van der Waals surface area contributed by atoms with Crippen LogP contribution in [-0.2, 0) is 6.42 Å². The Bertz CT molecular complexity index is 367. The van der Waals surface area contributed by atoms with Crippen LogP contribution in [0.15, 0.2) is 45.6 Å². The summed E-state index contributed by atoms with van der Waals surface area (Å²) in [7, 11) is 0. The molecule has 3 N–H and O–H groups in total. The third-order valence-corrected chi connectivity index (χ3v) is 2.35. The molecule has 0 bridgehead atoms. The molecular weight excluding hydrogens is 192 g/mol. The molecule has 80 valence electrons. The highest BCUT2D eigenvalue weighted by Crippen LogP contribution is 2.18. The second-order valence-corrected chi connectivity index (χ2v) is 3.35. The molecule has 0 aromatic carbocycles. The number of nitrogens with two attached hydrogens (primary N) is 1. The Hall–Kier alpha value is -1.52. The maximum atomic E-state index is 5.46. The van der Waals surface area contributed by atoms with Crippen molar-refractivity contribution in [3.05, 3.63) is 48.3 Å². The smallest absolute Gasteiger partial charge is 0.122 e. The van der Waals surface area contributed by atoms with Crippen molar-refractivity contribution in [2.45, 2.75) is 18.9 Å². The van der Waals surface area contributed by atoms with E-state index >= 15 is 0 Å². The highest BCUT2D eigenvalue weighted by atomic mass is 16.3. The van der Waals surface area contributed by atoms with Gasteiger partial charge in [0.25, 0.3) is 0 Å². The van der Waals surface area contributed by atoms with Gasteiger partial charge in [-0.25, -0.2) is 5.43 Å². The van der Waals surface area contributed by atoms with Crippen LogP contribution in [0.25, 0.3) is 0 Å². The molecule has 1 unspecified atom stereocenters. The summed E-state index contributed by atoms with van der Waals surface area (Å²) in [6.07, 6.45) is 5.00. The lowest BCUT2D eigenvalue weighted by molar-refractivity contribution is 0.389. The van der Waals surface area contributed by atoms with E-state index in [0.717, 1.165) is 24.4 Å². The molecule has 2 rings (SSSR count). The van der Waals surface area contributed by atoms with Crippen LogP contribution in [0.2, 0.25) is 0 Å². The van der Waals surface area contributed by atoms with E-state index in [4.69, 9.17) is 14.7 Å². The van der Waals surface area contributed by atoms with E-state index in [2.05, 4.69) is 5.43 Å². The van der Waals surface area contributed by atoms with Crippen molar-refractivity contribution in [3.63, 3.8) is 0 Å². The Labute approximate surface area is 88.0 Å². The Kier molecular flexibility index (Phi) is 3.22. The molecule has 0 radical (unpaired) electrons. The monoisotopic (exact) mass is 206 g/mol. The molecule has 15 heavy (non-hydrogen) atoms. The molecule has 2 heterocycles. The van der Waals surface area contributed by atoms with Crippen LogP contribution in [-0.4, -0.2) is 0 Å². The SMILES string of the molecule is NNC(CCc1ccco1)c1ccco1. The van der Waals surface area contributed by atoms with Gasteiger partial charge >= 0.3 is 0 Å². The van der Waals surface area contributed by atoms with Crippen molar-refractivity contribution in [1.82, 2.24) is 5.43 Å². The summed E-state index contributed by atoms with van der Waals surface area (Å²) in [5.74, 6) is 7.27. The number of furan rings is 2. The molecular formula is C11H14N2O2. The van der Waals surface area contributed by atoms with Gasteiger partial charge in [-0.2, -0.15) is 0 Å². The lowest BCUT2D eigenvalue weighted by Crippen LogP contribution is -2.28. The number of nitrogens with one attached hydrogen (secondary N) is 1. The van der Waals surface area contributed by atoms with Crippen molar-refractivity contribution in [3.8, 4) is 0 Å². The predicted molar refractivity (Wildman–Crippen MR) is 55.8 cm³/mol. The predicted octanol–water partition coefficient (Wildman–Crippen LogP) is 2.01. The Morgan fingerprint density at radius 2 is 2.00 bits per heavy atom. The van der Waals surface area contributed by atoms with Crippen molar-refractivity contribution < 1.29 is 8.83 Å². The van der Waals surface area contributed by atoms with Crippen LogP contribution >= 0.6 is 0 Å². The minimum Gasteiger partial charge on any atom is -0.469 e. The lowest BCUT2D eigenvalue weighted by atomic mass is 10.1. The van der Waals surface area contributed by atoms with E-state index in [0.29, 0.717) is 0 Å². The first-order valence-corrected chi connectivity index (χ1v) is 4.92. The van der Waals surface area contributed by atoms with Crippen molar-refractivity contribution >= 4 is 0 Å². The molecule has 0 saturated carbocycles. The maximum Gasteiger partial charge on any atom is 0.122 e. The van der Waals surface area contributed by atoms with Gasteiger partial charge in [0, 0.05) is 6.42 Å². The molecule has 2 aromatic rings. The fourth-order valence-electron chi connectivity index (χ4n) is 1.54. The van der Waals surface area contributed by atoms with Crippen LogP contribution in [0.4, 0.5) is 0 Å². The zero-order valence-electron chi connectivity index (χ0n) is 8.35. The highest BCUT2D eigenvalue weighted by molar-refractivity contribution is 5.05. The second kappa shape index (κ2) is 4.82. The molecule has 4 heteroatoms. The van der Waals surface area contributed by atoms with E-state index in [1.807, 2.05) is 24.3 Å². The molecule has 1 atom stereocenters. The zero-order chi connectivity index (χ0) is 10.5. The molecule has 0 aliphatic carbocycles. The number of aryl methyl sites for hydroxylation is 1. The Morgan fingerprint density at radius 1 is 1.20 bits per heavy atom. The van der Waals surface area contributed by atoms with E-state index in [1.165, 1.54) is 0 Å². The Morgan fingerprint density at radius 3 is 2.60 bits per heavy atom. The first kappa shape index (κ1) is 10.0. The summed E-state index contributed by atoms with van der Waals surface area (Å²) >= 11 is 0. The molecule has 0 aliphatic rings. The highest BCUT2D eigenvalue weighted by Gasteiger charge is 2.12. The van der Waals surface area contributed by atoms with E-state index in [9.17, 15) is 0 Å². The maximum absolute atomic E-state index is 5.46. The van der Waals surface area contributed by atoms with Gasteiger partial charge in [-0.05, 0) is 30.7 Å². The molecule has 0 saturated heterocycles. The fourth-order valence-corrected chi connectivity index (χ4v) is 1.54. The third-order valence-electron chi connectivity index (χ3n) is 2.35. The van der Waals surface area contributed by atoms with E-state index in [1.54, 1.807) is 12.5 Å². The summed E-state index contributed by atoms with van der Waals surface area (Å²) in [4.78, 5) is 0. The van der Waals surface area contributed by atoms with Gasteiger partial charge in [-0.15, -0.1) is 0 Å². The average Bonchev–Trinajstić information content (AvgIpc) is 2.90. The first-order valence-electron chi connectivity index (χ1n) is 4.92. The molecule has 4 nitrogen and oxygen atoms in total. The minimum absolute atomic E-state index is 0.0325. The average molecular weight is 206 g/mol. The molecule has 0 spiro atoms. The van der Waals surface area contributed by atoms with Crippen LogP contribution in [0.5, 0.6) is 0 Å². The van der Waals surface area contributed by atoms with Gasteiger partial charge in [-0.1, -0.05) is 0 Å². The Balaban J connectivity index is 1.92. The fraction of sp³-hybridized carbons (Fsp3) is 0.273. The van der Waals surface area contributed by atoms with Gasteiger partial charge in [-0.3, -0.25) is 5.84 Å². The van der Waals surface area contributed by atoms with Crippen molar-refractivity contribution in [2.24, 2.45) is 5.84 Å². The summed E-state index contributed by atoms with van der Waals surface area (Å²) in [5.41, 5.74) is 2.73. The normalized spacial score (nSPS) is 12.9. The minimum atomic E-state index is 0.0325. The van der Waals surface area contributed by atoms with Gasteiger partial charge in [0.15, 0.2) is 0 Å². The van der Waals surface area contributed by atoms with Crippen LogP contribution in [0.1, 0.15) is 24.0 Å². The number of rotatable bonds is 5. The summed E-state index contributed by atoms with van der Waals surface area (Å²) in [5, 5.41) is 0. The second-order valence-electron chi connectivity index (χ2n) is 3.35. The largest absolute Gasteiger partial charge is 0.469 e. The van der Waals surface area contributed by atoms with Crippen LogP contribution in [0, 0.1) is 0 Å². The topological polar surface area (TPSA) is 64.3 Å². The molecule has 0 amide bonds. The van der Waals surface area contributed by atoms with Gasteiger partial charge < -0.3 is 8.83 Å². The first-order chi connectivity index (χ1) is 7.40.